The van der Waals surface area contributed by atoms with Crippen LogP contribution in [0.2, 0.25) is 0 Å². The number of ether oxygens (including phenoxy) is 2. The van der Waals surface area contributed by atoms with Crippen molar-refractivity contribution in [1.82, 2.24) is 0 Å². The minimum atomic E-state index is -0.532. The molecule has 0 radical (unpaired) electrons. The Labute approximate surface area is 137 Å². The molecule has 106 valence electrons. The Bertz CT molecular complexity index is 629. The van der Waals surface area contributed by atoms with Gasteiger partial charge in [0.15, 0.2) is 0 Å². The smallest absolute Gasteiger partial charge is 0.312 e. The zero-order chi connectivity index (χ0) is 15.1. The molecule has 0 N–H and O–H groups in total. The van der Waals surface area contributed by atoms with Gasteiger partial charge in [-0.15, -0.1) is 6.42 Å². The maximum Gasteiger partial charge on any atom is 0.312 e. The summed E-state index contributed by atoms with van der Waals surface area (Å²) in [6.45, 7) is 0. The number of hydrogen-bond donors (Lipinski definition) is 0. The quantitative estimate of drug-likeness (QED) is 0.335. The third-order valence-corrected chi connectivity index (χ3v) is 3.23. The molecule has 3 nitrogen and oxygen atoms in total. The molecule has 4 heteroatoms. The van der Waals surface area contributed by atoms with Crippen LogP contribution in [0.15, 0.2) is 54.6 Å². The molecule has 0 saturated heterocycles. The lowest BCUT2D eigenvalue weighted by Crippen LogP contribution is -2.12. The van der Waals surface area contributed by atoms with Crippen LogP contribution in [0.1, 0.15) is 5.56 Å². The van der Waals surface area contributed by atoms with E-state index in [1.54, 1.807) is 0 Å². The van der Waals surface area contributed by atoms with Gasteiger partial charge in [-0.1, -0.05) is 36.3 Å². The maximum atomic E-state index is 11.6. The zero-order valence-corrected chi connectivity index (χ0v) is 13.3. The van der Waals surface area contributed by atoms with Crippen LogP contribution >= 0.6 is 22.6 Å². The van der Waals surface area contributed by atoms with E-state index in [4.69, 9.17) is 15.9 Å². The highest BCUT2D eigenvalue weighted by atomic mass is 127. The summed E-state index contributed by atoms with van der Waals surface area (Å²) in [5.41, 5.74) is 0.848. The van der Waals surface area contributed by atoms with Gasteiger partial charge >= 0.3 is 5.97 Å². The number of alkyl halides is 1. The van der Waals surface area contributed by atoms with Crippen LogP contribution in [0.3, 0.4) is 0 Å². The number of hydrogen-bond acceptors (Lipinski definition) is 3. The molecule has 2 rings (SSSR count). The molecule has 0 aliphatic rings. The predicted molar refractivity (Wildman–Crippen MR) is 89.4 cm³/mol. The van der Waals surface area contributed by atoms with Gasteiger partial charge in [0.2, 0.25) is 4.11 Å². The molecule has 1 unspecified atom stereocenters. The van der Waals surface area contributed by atoms with Crippen molar-refractivity contribution in [3.63, 3.8) is 0 Å². The molecule has 0 saturated carbocycles. The van der Waals surface area contributed by atoms with Crippen molar-refractivity contribution in [2.75, 3.05) is 0 Å². The number of carbonyl (C=O) groups excluding carboxylic acids is 1. The number of terminal acetylenes is 1. The third-order valence-electron chi connectivity index (χ3n) is 2.62. The van der Waals surface area contributed by atoms with Gasteiger partial charge in [0.1, 0.15) is 11.5 Å². The van der Waals surface area contributed by atoms with Gasteiger partial charge in [-0.3, -0.25) is 4.79 Å². The van der Waals surface area contributed by atoms with Crippen LogP contribution in [0.5, 0.6) is 11.5 Å². The monoisotopic (exact) mass is 392 g/mol. The molecule has 0 fully saturated rings. The Morgan fingerprint density at radius 2 is 1.71 bits per heavy atom. The predicted octanol–water partition coefficient (Wildman–Crippen LogP) is 3.96. The lowest BCUT2D eigenvalue weighted by molar-refractivity contribution is -0.142. The summed E-state index contributed by atoms with van der Waals surface area (Å²) in [6.07, 6.45) is 5.34. The lowest BCUT2D eigenvalue weighted by atomic mass is 10.1. The lowest BCUT2D eigenvalue weighted by Gasteiger charge is -2.08. The molecular formula is C17H13IO3. The summed E-state index contributed by atoms with van der Waals surface area (Å²) in [4.78, 5) is 11.6. The number of halogens is 1. The SMILES string of the molecule is C#CC(I)OC(=O)Cc1ccc(Oc2ccccc2)cc1. The fourth-order valence-electron chi connectivity index (χ4n) is 1.66. The molecule has 0 spiro atoms. The molecule has 0 amide bonds. The van der Waals surface area contributed by atoms with Crippen LogP contribution in [-0.4, -0.2) is 10.1 Å². The van der Waals surface area contributed by atoms with Gasteiger partial charge in [0, 0.05) is 0 Å². The van der Waals surface area contributed by atoms with E-state index in [1.807, 2.05) is 77.2 Å². The first-order valence-electron chi connectivity index (χ1n) is 6.29. The Morgan fingerprint density at radius 3 is 2.33 bits per heavy atom. The molecule has 0 aliphatic carbocycles. The third kappa shape index (κ3) is 5.12. The summed E-state index contributed by atoms with van der Waals surface area (Å²) in [5, 5.41) is 0. The zero-order valence-electron chi connectivity index (χ0n) is 11.2. The average molecular weight is 392 g/mol. The van der Waals surface area contributed by atoms with Crippen LogP contribution in [0, 0.1) is 12.3 Å². The second kappa shape index (κ2) is 7.70. The highest BCUT2D eigenvalue weighted by Gasteiger charge is 2.09. The number of esters is 1. The van der Waals surface area contributed by atoms with Crippen molar-refractivity contribution >= 4 is 28.6 Å². The fraction of sp³-hybridized carbons (Fsp3) is 0.118. The van der Waals surface area contributed by atoms with Crippen molar-refractivity contribution < 1.29 is 14.3 Å². The summed E-state index contributed by atoms with van der Waals surface area (Å²) >= 11 is 1.88. The first-order chi connectivity index (χ1) is 10.2. The van der Waals surface area contributed by atoms with E-state index in [-0.39, 0.29) is 12.4 Å². The van der Waals surface area contributed by atoms with Gasteiger partial charge in [0.25, 0.3) is 0 Å². The highest BCUT2D eigenvalue weighted by molar-refractivity contribution is 14.1. The molecule has 2 aromatic carbocycles. The van der Waals surface area contributed by atoms with Crippen LogP contribution in [0.4, 0.5) is 0 Å². The van der Waals surface area contributed by atoms with E-state index in [0.717, 1.165) is 11.3 Å². The molecule has 0 aromatic heterocycles. The topological polar surface area (TPSA) is 35.5 Å². The fourth-order valence-corrected chi connectivity index (χ4v) is 1.94. The Kier molecular flexibility index (Phi) is 5.64. The number of rotatable bonds is 5. The average Bonchev–Trinajstić information content (AvgIpc) is 2.50. The minimum Gasteiger partial charge on any atom is -0.457 e. The molecule has 21 heavy (non-hydrogen) atoms. The van der Waals surface area contributed by atoms with Gasteiger partial charge < -0.3 is 9.47 Å². The Hall–Kier alpha value is -2.00. The number of carbonyl (C=O) groups is 1. The van der Waals surface area contributed by atoms with Crippen molar-refractivity contribution in [1.29, 1.82) is 0 Å². The first-order valence-corrected chi connectivity index (χ1v) is 7.53. The molecule has 0 bridgehead atoms. The van der Waals surface area contributed by atoms with E-state index in [2.05, 4.69) is 5.92 Å². The molecule has 0 aliphatic heterocycles. The normalized spacial score (nSPS) is 11.2. The Morgan fingerprint density at radius 1 is 1.10 bits per heavy atom. The molecule has 2 aromatic rings. The van der Waals surface area contributed by atoms with E-state index in [1.165, 1.54) is 0 Å². The summed E-state index contributed by atoms with van der Waals surface area (Å²) in [7, 11) is 0. The minimum absolute atomic E-state index is 0.187. The van der Waals surface area contributed by atoms with E-state index >= 15 is 0 Å². The second-order valence-electron chi connectivity index (χ2n) is 4.21. The largest absolute Gasteiger partial charge is 0.457 e. The van der Waals surface area contributed by atoms with Crippen molar-refractivity contribution in [3.05, 3.63) is 60.2 Å². The number of benzene rings is 2. The van der Waals surface area contributed by atoms with Crippen molar-refractivity contribution in [3.8, 4) is 23.8 Å². The van der Waals surface area contributed by atoms with Crippen molar-refractivity contribution in [2.24, 2.45) is 0 Å². The van der Waals surface area contributed by atoms with Gasteiger partial charge in [0.05, 0.1) is 6.42 Å². The van der Waals surface area contributed by atoms with Gasteiger partial charge in [-0.25, -0.2) is 0 Å². The van der Waals surface area contributed by atoms with Crippen LogP contribution < -0.4 is 4.74 Å². The second-order valence-corrected chi connectivity index (χ2v) is 5.34. The van der Waals surface area contributed by atoms with Crippen molar-refractivity contribution in [2.45, 2.75) is 10.5 Å². The Balaban J connectivity index is 1.93. The van der Waals surface area contributed by atoms with Crippen LogP contribution in [-0.2, 0) is 16.0 Å². The van der Waals surface area contributed by atoms with E-state index in [9.17, 15) is 4.79 Å². The van der Waals surface area contributed by atoms with Crippen LogP contribution in [0.25, 0.3) is 0 Å². The standard InChI is InChI=1S/C17H13IO3/c1-2-16(18)21-17(19)12-13-8-10-15(11-9-13)20-14-6-4-3-5-7-14/h1,3-11,16H,12H2. The molecular weight excluding hydrogens is 379 g/mol. The molecule has 1 atom stereocenters. The van der Waals surface area contributed by atoms with E-state index in [0.29, 0.717) is 5.75 Å². The number of para-hydroxylation sites is 1. The molecule has 0 heterocycles. The highest BCUT2D eigenvalue weighted by Crippen LogP contribution is 2.21. The van der Waals surface area contributed by atoms with E-state index < -0.39 is 4.11 Å². The maximum absolute atomic E-state index is 11.6. The summed E-state index contributed by atoms with van der Waals surface area (Å²) in [6, 6.07) is 16.8. The van der Waals surface area contributed by atoms with Gasteiger partial charge in [-0.2, -0.15) is 0 Å². The van der Waals surface area contributed by atoms with Gasteiger partial charge in [-0.05, 0) is 52.4 Å². The first kappa shape index (κ1) is 15.4. The summed E-state index contributed by atoms with van der Waals surface area (Å²) in [5.74, 6) is 3.48. The summed E-state index contributed by atoms with van der Waals surface area (Å²) < 4.78 is 10.2.